The number of aliphatic hydroxyl groups is 1. The zero-order valence-corrected chi connectivity index (χ0v) is 8.26. The predicted octanol–water partition coefficient (Wildman–Crippen LogP) is 0.454. The van der Waals surface area contributed by atoms with Crippen LogP contribution in [0.2, 0.25) is 0 Å². The maximum atomic E-state index is 10.7. The van der Waals surface area contributed by atoms with E-state index >= 15 is 0 Å². The number of hydrogen-bond donors (Lipinski definition) is 2. The van der Waals surface area contributed by atoms with Crippen LogP contribution >= 0.6 is 0 Å². The van der Waals surface area contributed by atoms with Gasteiger partial charge in [-0.25, -0.2) is 0 Å². The molecule has 0 unspecified atom stereocenters. The molecule has 2 heteroatoms. The van der Waals surface area contributed by atoms with Crippen LogP contribution in [0.1, 0.15) is 12.8 Å². The predicted molar refractivity (Wildman–Crippen MR) is 51.2 cm³/mol. The molecule has 0 aromatic heterocycles. The van der Waals surface area contributed by atoms with Crippen LogP contribution in [0.4, 0.5) is 0 Å². The summed E-state index contributed by atoms with van der Waals surface area (Å²) in [5.41, 5.74) is 5.43. The fraction of sp³-hybridized carbons (Fsp3) is 1.00. The summed E-state index contributed by atoms with van der Waals surface area (Å²) >= 11 is 0. The van der Waals surface area contributed by atoms with E-state index in [9.17, 15) is 5.11 Å². The molecule has 0 radical (unpaired) electrons. The van der Waals surface area contributed by atoms with Crippen molar-refractivity contribution in [1.82, 2.24) is 0 Å². The van der Waals surface area contributed by atoms with Gasteiger partial charge in [-0.3, -0.25) is 0 Å². The molecule has 5 saturated carbocycles. The molecule has 76 valence electrons. The third-order valence-electron chi connectivity index (χ3n) is 6.85. The maximum absolute atomic E-state index is 10.7. The highest BCUT2D eigenvalue weighted by Gasteiger charge is 2.84. The van der Waals surface area contributed by atoms with E-state index < -0.39 is 5.60 Å². The van der Waals surface area contributed by atoms with Crippen LogP contribution in [-0.2, 0) is 0 Å². The molecule has 0 spiro atoms. The zero-order valence-electron chi connectivity index (χ0n) is 8.26. The Hall–Kier alpha value is -0.0800. The topological polar surface area (TPSA) is 46.2 Å². The van der Waals surface area contributed by atoms with E-state index in [0.29, 0.717) is 18.4 Å². The SMILES string of the molecule is NC[C@@]1(O)[C@@H]2[C@@H]3C[C@@H]4[C@H]5[C@H]3C[C@@H]2[C@@H]5[C@H]41. The van der Waals surface area contributed by atoms with Gasteiger partial charge in [-0.2, -0.15) is 0 Å². The summed E-state index contributed by atoms with van der Waals surface area (Å²) in [6, 6.07) is 0. The van der Waals surface area contributed by atoms with E-state index in [0.717, 1.165) is 35.5 Å². The number of hydrogen-bond acceptors (Lipinski definition) is 2. The van der Waals surface area contributed by atoms with Crippen LogP contribution in [0.25, 0.3) is 0 Å². The van der Waals surface area contributed by atoms with E-state index in [-0.39, 0.29) is 0 Å². The second-order valence-corrected chi connectivity index (χ2v) is 6.53. The Morgan fingerprint density at radius 3 is 2.50 bits per heavy atom. The minimum absolute atomic E-state index is 0.426. The summed E-state index contributed by atoms with van der Waals surface area (Å²) in [6.45, 7) is 0.530. The lowest BCUT2D eigenvalue weighted by molar-refractivity contribution is -0.123. The fourth-order valence-electron chi connectivity index (χ4n) is 7.00. The monoisotopic (exact) mass is 191 g/mol. The summed E-state index contributed by atoms with van der Waals surface area (Å²) in [4.78, 5) is 0. The van der Waals surface area contributed by atoms with Crippen LogP contribution in [0.5, 0.6) is 0 Å². The van der Waals surface area contributed by atoms with Gasteiger partial charge < -0.3 is 10.8 Å². The second kappa shape index (κ2) is 1.69. The standard InChI is InChI=1S/C12H17NO/c13-3-12(14)10-5-2-6-8-4(5)1-7(10)9(8)11(6)12/h4-11,14H,1-3,13H2/t4-,5+,6+,7+,8+,9-,10+,11-,12+/m0/s1. The van der Waals surface area contributed by atoms with Crippen molar-refractivity contribution in [2.75, 3.05) is 6.54 Å². The first kappa shape index (κ1) is 7.24. The van der Waals surface area contributed by atoms with E-state index in [4.69, 9.17) is 5.73 Å². The number of nitrogens with two attached hydrogens (primary N) is 1. The molecule has 9 atom stereocenters. The van der Waals surface area contributed by atoms with Crippen molar-refractivity contribution in [2.45, 2.75) is 18.4 Å². The van der Waals surface area contributed by atoms with E-state index in [1.165, 1.54) is 12.8 Å². The third-order valence-corrected chi connectivity index (χ3v) is 6.85. The van der Waals surface area contributed by atoms with E-state index in [1.807, 2.05) is 0 Å². The third kappa shape index (κ3) is 0.409. The summed E-state index contributed by atoms with van der Waals surface area (Å²) in [5.74, 6) is 6.82. The van der Waals surface area contributed by atoms with Gasteiger partial charge in [-0.15, -0.1) is 0 Å². The molecule has 0 heterocycles. The second-order valence-electron chi connectivity index (χ2n) is 6.53. The van der Waals surface area contributed by atoms with E-state index in [1.54, 1.807) is 0 Å². The lowest BCUT2D eigenvalue weighted by Gasteiger charge is -2.51. The first-order chi connectivity index (χ1) is 6.77. The van der Waals surface area contributed by atoms with Gasteiger partial charge in [0.05, 0.1) is 5.60 Å². The maximum Gasteiger partial charge on any atom is 0.0836 e. The quantitative estimate of drug-likeness (QED) is 0.632. The molecule has 5 rings (SSSR count). The molecule has 0 saturated heterocycles. The highest BCUT2D eigenvalue weighted by atomic mass is 16.3. The minimum Gasteiger partial charge on any atom is -0.388 e. The van der Waals surface area contributed by atoms with E-state index in [2.05, 4.69) is 0 Å². The molecule has 3 N–H and O–H groups in total. The molecule has 2 bridgehead atoms. The Labute approximate surface area is 83.9 Å². The number of fused-ring (bicyclic) bond motifs is 2. The van der Waals surface area contributed by atoms with Crippen molar-refractivity contribution in [1.29, 1.82) is 0 Å². The molecule has 5 fully saturated rings. The van der Waals surface area contributed by atoms with Gasteiger partial charge in [-0.1, -0.05) is 0 Å². The average Bonchev–Trinajstić information content (AvgIpc) is 2.63. The number of rotatable bonds is 1. The largest absolute Gasteiger partial charge is 0.388 e. The molecular formula is C12H17NO. The lowest BCUT2D eigenvalue weighted by Crippen LogP contribution is -2.57. The Kier molecular flexibility index (Phi) is 0.875. The van der Waals surface area contributed by atoms with Crippen LogP contribution in [0, 0.1) is 47.3 Å². The van der Waals surface area contributed by atoms with Crippen LogP contribution in [-0.4, -0.2) is 17.3 Å². The smallest absolute Gasteiger partial charge is 0.0836 e. The van der Waals surface area contributed by atoms with Crippen molar-refractivity contribution in [2.24, 2.45) is 53.1 Å². The molecule has 5 aliphatic rings. The molecule has 5 aliphatic carbocycles. The summed E-state index contributed by atoms with van der Waals surface area (Å²) in [6.07, 6.45) is 2.89. The summed E-state index contributed by atoms with van der Waals surface area (Å²) in [5, 5.41) is 10.7. The molecule has 2 nitrogen and oxygen atoms in total. The van der Waals surface area contributed by atoms with Gasteiger partial charge in [0.15, 0.2) is 0 Å². The van der Waals surface area contributed by atoms with Crippen molar-refractivity contribution < 1.29 is 5.11 Å². The van der Waals surface area contributed by atoms with Gasteiger partial charge in [0, 0.05) is 6.54 Å². The average molecular weight is 191 g/mol. The fourth-order valence-corrected chi connectivity index (χ4v) is 7.00. The van der Waals surface area contributed by atoms with Crippen molar-refractivity contribution >= 4 is 0 Å². The first-order valence-electron chi connectivity index (χ1n) is 6.20. The van der Waals surface area contributed by atoms with Crippen molar-refractivity contribution in [3.05, 3.63) is 0 Å². The summed E-state index contributed by atoms with van der Waals surface area (Å²) < 4.78 is 0. The highest BCUT2D eigenvalue weighted by Crippen LogP contribution is 2.85. The Morgan fingerprint density at radius 2 is 1.71 bits per heavy atom. The zero-order chi connectivity index (χ0) is 9.24. The molecule has 0 aliphatic heterocycles. The van der Waals surface area contributed by atoms with Gasteiger partial charge in [0.1, 0.15) is 0 Å². The normalized spacial score (nSPS) is 80.1. The van der Waals surface area contributed by atoms with Crippen molar-refractivity contribution in [3.63, 3.8) is 0 Å². The van der Waals surface area contributed by atoms with Crippen LogP contribution in [0.3, 0.4) is 0 Å². The minimum atomic E-state index is -0.426. The Balaban J connectivity index is 1.79. The molecular weight excluding hydrogens is 174 g/mol. The Bertz CT molecular complexity index is 337. The van der Waals surface area contributed by atoms with Crippen LogP contribution < -0.4 is 5.73 Å². The highest BCUT2D eigenvalue weighted by molar-refractivity contribution is 5.32. The molecule has 0 amide bonds. The van der Waals surface area contributed by atoms with Crippen molar-refractivity contribution in [3.8, 4) is 0 Å². The van der Waals surface area contributed by atoms with Gasteiger partial charge in [0.25, 0.3) is 0 Å². The van der Waals surface area contributed by atoms with Gasteiger partial charge >= 0.3 is 0 Å². The summed E-state index contributed by atoms with van der Waals surface area (Å²) in [7, 11) is 0. The van der Waals surface area contributed by atoms with Crippen LogP contribution in [0.15, 0.2) is 0 Å². The Morgan fingerprint density at radius 1 is 1.00 bits per heavy atom. The van der Waals surface area contributed by atoms with Gasteiger partial charge in [-0.05, 0) is 60.2 Å². The van der Waals surface area contributed by atoms with Gasteiger partial charge in [0.2, 0.25) is 0 Å². The molecule has 0 aromatic rings. The molecule has 14 heavy (non-hydrogen) atoms. The lowest BCUT2D eigenvalue weighted by atomic mass is 9.56. The molecule has 0 aromatic carbocycles. The first-order valence-corrected chi connectivity index (χ1v) is 6.20.